The van der Waals surface area contributed by atoms with Crippen molar-refractivity contribution >= 4 is 11.8 Å². The summed E-state index contributed by atoms with van der Waals surface area (Å²) in [7, 11) is 3.08. The molecule has 0 atom stereocenters. The molecule has 0 N–H and O–H groups in total. The quantitative estimate of drug-likeness (QED) is 0.0618. The Bertz CT molecular complexity index is 1330. The summed E-state index contributed by atoms with van der Waals surface area (Å²) in [5, 5.41) is 0. The van der Waals surface area contributed by atoms with Gasteiger partial charge in [0.2, 0.25) is 5.69 Å². The zero-order chi connectivity index (χ0) is 32.3. The van der Waals surface area contributed by atoms with Crippen LogP contribution < -0.4 is 42.8 Å². The lowest BCUT2D eigenvalue weighted by molar-refractivity contribution is -0.701. The molecule has 2 amide bonds. The molecule has 2 aromatic carbocycles. The number of benzene rings is 2. The van der Waals surface area contributed by atoms with Gasteiger partial charge in [-0.1, -0.05) is 95.8 Å². The molecule has 0 saturated heterocycles. The highest BCUT2D eigenvalue weighted by Crippen LogP contribution is 2.30. The van der Waals surface area contributed by atoms with Gasteiger partial charge in [0.05, 0.1) is 26.4 Å². The first kappa shape index (κ1) is 39.0. The lowest BCUT2D eigenvalue weighted by Gasteiger charge is -2.22. The molecule has 0 saturated carbocycles. The Labute approximate surface area is 293 Å². The van der Waals surface area contributed by atoms with Gasteiger partial charge in [0, 0.05) is 17.7 Å². The Morgan fingerprint density at radius 2 is 1.28 bits per heavy atom. The average molecular weight is 745 g/mol. The number of carbonyl (C=O) groups is 2. The third kappa shape index (κ3) is 12.2. The lowest BCUT2D eigenvalue weighted by Crippen LogP contribution is -3.00. The fourth-order valence-corrected chi connectivity index (χ4v) is 5.53. The van der Waals surface area contributed by atoms with Crippen molar-refractivity contribution in [1.82, 2.24) is 4.90 Å². The number of methoxy groups -OCH3 is 2. The maximum atomic E-state index is 14.0. The number of hydrogen-bond donors (Lipinski definition) is 0. The minimum atomic E-state index is -0.435. The number of aromatic nitrogens is 1. The molecule has 0 aliphatic rings. The van der Waals surface area contributed by atoms with E-state index in [4.69, 9.17) is 14.2 Å². The summed E-state index contributed by atoms with van der Waals surface area (Å²) >= 11 is 0. The van der Waals surface area contributed by atoms with E-state index >= 15 is 0 Å². The average Bonchev–Trinajstić information content (AvgIpc) is 3.08. The van der Waals surface area contributed by atoms with Crippen LogP contribution in [0.25, 0.3) is 0 Å². The second kappa shape index (κ2) is 22.4. The molecule has 8 heteroatoms. The summed E-state index contributed by atoms with van der Waals surface area (Å²) < 4.78 is 19.1. The highest BCUT2D eigenvalue weighted by Gasteiger charge is 2.29. The fraction of sp³-hybridized carbons (Fsp3) is 0.500. The van der Waals surface area contributed by atoms with Crippen molar-refractivity contribution in [3.05, 3.63) is 83.7 Å². The second-order valence-electron chi connectivity index (χ2n) is 11.5. The molecule has 46 heavy (non-hydrogen) atoms. The summed E-state index contributed by atoms with van der Waals surface area (Å²) in [6, 6.07) is 17.8. The molecule has 0 aliphatic carbocycles. The van der Waals surface area contributed by atoms with Crippen molar-refractivity contribution in [2.24, 2.45) is 0 Å². The molecule has 1 heterocycles. The molecule has 252 valence electrons. The number of hydrogen-bond acceptors (Lipinski definition) is 5. The Kier molecular flexibility index (Phi) is 19.0. The Balaban J connectivity index is 0.00000736. The van der Waals surface area contributed by atoms with Crippen LogP contribution in [0, 0.1) is 0 Å². The fourth-order valence-electron chi connectivity index (χ4n) is 5.53. The van der Waals surface area contributed by atoms with Crippen molar-refractivity contribution < 1.29 is 52.3 Å². The monoisotopic (exact) mass is 744 g/mol. The van der Waals surface area contributed by atoms with Crippen molar-refractivity contribution in [2.75, 3.05) is 20.8 Å². The number of imide groups is 1. The standard InChI is InChI=1S/C38H53N2O5.HI/c1-5-7-8-9-10-11-12-13-14-15-16-21-28-45-35-26-25-31(29-36(35)44-4)37(41)40(30-32-22-19-20-27-39(32)6-2)38(42)33-23-17-18-24-34(33)43-3;/h17-20,22-27,29H,5-16,21,28,30H2,1-4H3;1H/q+1;/p-1. The molecular weight excluding hydrogens is 691 g/mol. The normalized spacial score (nSPS) is 10.6. The van der Waals surface area contributed by atoms with E-state index in [1.165, 1.54) is 76.2 Å². The summed E-state index contributed by atoms with van der Waals surface area (Å²) in [5.41, 5.74) is 1.50. The third-order valence-corrected chi connectivity index (χ3v) is 8.19. The summed E-state index contributed by atoms with van der Waals surface area (Å²) in [5.74, 6) is 0.605. The van der Waals surface area contributed by atoms with Gasteiger partial charge in [-0.25, -0.2) is 4.57 Å². The van der Waals surface area contributed by atoms with Crippen LogP contribution in [0.1, 0.15) is 117 Å². The van der Waals surface area contributed by atoms with Crippen LogP contribution in [0.5, 0.6) is 17.2 Å². The van der Waals surface area contributed by atoms with E-state index in [0.29, 0.717) is 41.5 Å². The largest absolute Gasteiger partial charge is 1.00 e. The number of amides is 2. The molecule has 0 spiro atoms. The van der Waals surface area contributed by atoms with Gasteiger partial charge in [-0.05, 0) is 43.7 Å². The van der Waals surface area contributed by atoms with Crippen LogP contribution in [-0.2, 0) is 13.1 Å². The number of rotatable bonds is 21. The number of nitrogens with zero attached hydrogens (tertiary/aromatic N) is 2. The summed E-state index contributed by atoms with van der Waals surface area (Å²) in [6.07, 6.45) is 17.4. The van der Waals surface area contributed by atoms with Gasteiger partial charge < -0.3 is 38.2 Å². The van der Waals surface area contributed by atoms with Crippen LogP contribution in [0.2, 0.25) is 0 Å². The zero-order valence-electron chi connectivity index (χ0n) is 28.3. The Hall–Kier alpha value is -3.14. The number of aryl methyl sites for hydroxylation is 1. The number of unbranched alkanes of at least 4 members (excludes halogenated alkanes) is 11. The first-order valence-corrected chi connectivity index (χ1v) is 16.8. The molecule has 0 bridgehead atoms. The van der Waals surface area contributed by atoms with E-state index in [9.17, 15) is 9.59 Å². The number of carbonyl (C=O) groups excluding carboxylic acids is 2. The predicted octanol–water partition coefficient (Wildman–Crippen LogP) is 5.58. The highest BCUT2D eigenvalue weighted by molar-refractivity contribution is 6.11. The number of pyridine rings is 1. The first-order chi connectivity index (χ1) is 22.0. The maximum Gasteiger partial charge on any atom is 0.265 e. The van der Waals surface area contributed by atoms with E-state index in [1.54, 1.807) is 49.6 Å². The second-order valence-corrected chi connectivity index (χ2v) is 11.5. The molecule has 1 aromatic heterocycles. The predicted molar refractivity (Wildman–Crippen MR) is 179 cm³/mol. The van der Waals surface area contributed by atoms with Crippen molar-refractivity contribution in [3.63, 3.8) is 0 Å². The number of para-hydroxylation sites is 1. The topological polar surface area (TPSA) is 69.0 Å². The van der Waals surface area contributed by atoms with E-state index in [0.717, 1.165) is 18.5 Å². The van der Waals surface area contributed by atoms with Gasteiger partial charge in [0.25, 0.3) is 11.8 Å². The molecule has 0 radical (unpaired) electrons. The lowest BCUT2D eigenvalue weighted by atomic mass is 10.1. The third-order valence-electron chi connectivity index (χ3n) is 8.19. The maximum absolute atomic E-state index is 14.0. The molecule has 0 aliphatic heterocycles. The minimum absolute atomic E-state index is 0. The molecule has 3 aromatic rings. The molecule has 0 fully saturated rings. The van der Waals surface area contributed by atoms with E-state index < -0.39 is 11.8 Å². The van der Waals surface area contributed by atoms with Gasteiger partial charge in [0.15, 0.2) is 17.7 Å². The minimum Gasteiger partial charge on any atom is -1.00 e. The van der Waals surface area contributed by atoms with Crippen LogP contribution in [-0.4, -0.2) is 37.5 Å². The van der Waals surface area contributed by atoms with Crippen molar-refractivity contribution in [3.8, 4) is 17.2 Å². The first-order valence-electron chi connectivity index (χ1n) is 16.8. The van der Waals surface area contributed by atoms with E-state index in [1.807, 2.05) is 35.9 Å². The van der Waals surface area contributed by atoms with Gasteiger partial charge in [-0.3, -0.25) is 14.5 Å². The van der Waals surface area contributed by atoms with Gasteiger partial charge in [-0.15, -0.1) is 0 Å². The summed E-state index contributed by atoms with van der Waals surface area (Å²) in [4.78, 5) is 29.1. The van der Waals surface area contributed by atoms with E-state index in [2.05, 4.69) is 6.92 Å². The molecule has 7 nitrogen and oxygen atoms in total. The molecular formula is C38H53IN2O5. The SMILES string of the molecule is CCCCCCCCCCCCCCOc1ccc(C(=O)N(Cc2cccc[n+]2CC)C(=O)c2ccccc2OC)cc1OC.[I-]. The van der Waals surface area contributed by atoms with Crippen LogP contribution in [0.15, 0.2) is 66.9 Å². The van der Waals surface area contributed by atoms with Crippen LogP contribution in [0.3, 0.4) is 0 Å². The Morgan fingerprint density at radius 1 is 0.674 bits per heavy atom. The van der Waals surface area contributed by atoms with Gasteiger partial charge >= 0.3 is 0 Å². The Morgan fingerprint density at radius 3 is 1.91 bits per heavy atom. The number of halogens is 1. The molecule has 0 unspecified atom stereocenters. The smallest absolute Gasteiger partial charge is 0.265 e. The molecule has 3 rings (SSSR count). The number of ether oxygens (including phenoxy) is 3. The van der Waals surface area contributed by atoms with Gasteiger partial charge in [0.1, 0.15) is 18.8 Å². The van der Waals surface area contributed by atoms with Crippen molar-refractivity contribution in [2.45, 2.75) is 104 Å². The highest BCUT2D eigenvalue weighted by atomic mass is 127. The van der Waals surface area contributed by atoms with Crippen LogP contribution >= 0.6 is 0 Å². The van der Waals surface area contributed by atoms with Crippen molar-refractivity contribution in [1.29, 1.82) is 0 Å². The van der Waals surface area contributed by atoms with Gasteiger partial charge in [-0.2, -0.15) is 0 Å². The van der Waals surface area contributed by atoms with E-state index in [-0.39, 0.29) is 30.5 Å². The summed E-state index contributed by atoms with van der Waals surface area (Å²) in [6.45, 7) is 5.69. The zero-order valence-corrected chi connectivity index (χ0v) is 30.4. The van der Waals surface area contributed by atoms with Crippen LogP contribution in [0.4, 0.5) is 0 Å².